The summed E-state index contributed by atoms with van der Waals surface area (Å²) in [6, 6.07) is 4.76. The van der Waals surface area contributed by atoms with Gasteiger partial charge in [-0.1, -0.05) is 0 Å². The summed E-state index contributed by atoms with van der Waals surface area (Å²) in [4.78, 5) is 24.5. The summed E-state index contributed by atoms with van der Waals surface area (Å²) < 4.78 is 39.4. The van der Waals surface area contributed by atoms with Gasteiger partial charge in [-0.25, -0.2) is 0 Å². The number of carbonyl (C=O) groups excluding carboxylic acids is 2. The van der Waals surface area contributed by atoms with Crippen molar-refractivity contribution >= 4 is 33.4 Å². The molecule has 2 rings (SSSR count). The predicted molar refractivity (Wildman–Crippen MR) is 82.7 cm³/mol. The lowest BCUT2D eigenvalue weighted by Gasteiger charge is -2.19. The molecule has 1 aromatic rings. The third-order valence-electron chi connectivity index (χ3n) is 3.45. The molecule has 1 aliphatic rings. The van der Waals surface area contributed by atoms with Gasteiger partial charge < -0.3 is 15.0 Å². The molecule has 1 aliphatic heterocycles. The molecule has 0 bridgehead atoms. The van der Waals surface area contributed by atoms with Gasteiger partial charge in [-0.15, -0.1) is 3.89 Å². The fourth-order valence-corrected chi connectivity index (χ4v) is 3.35. The standard InChI is InChI=1S/C14H17FN2O5S/c1-9(18)16-12-4-3-11(6-13(12)22-2)17-7-10(5-14(17)19)8-23(15,20)21/h3-4,6,10H,5,7-8H2,1-2H3,(H,16,18). The Bertz CT molecular complexity index is 735. The van der Waals surface area contributed by atoms with Crippen LogP contribution in [0.25, 0.3) is 0 Å². The second kappa shape index (κ2) is 6.53. The molecule has 0 aromatic heterocycles. The fraction of sp³-hybridized carbons (Fsp3) is 0.429. The second-order valence-corrected chi connectivity index (χ2v) is 6.76. The zero-order valence-corrected chi connectivity index (χ0v) is 13.5. The van der Waals surface area contributed by atoms with E-state index >= 15 is 0 Å². The van der Waals surface area contributed by atoms with Crippen LogP contribution in [0.2, 0.25) is 0 Å². The van der Waals surface area contributed by atoms with Gasteiger partial charge in [0.1, 0.15) is 5.75 Å². The molecule has 1 fully saturated rings. The monoisotopic (exact) mass is 344 g/mol. The Hall–Kier alpha value is -2.16. The molecule has 2 amide bonds. The molecule has 0 saturated carbocycles. The molecule has 0 spiro atoms. The molecule has 1 unspecified atom stereocenters. The maximum absolute atomic E-state index is 12.8. The Kier molecular flexibility index (Phi) is 4.88. The third kappa shape index (κ3) is 4.41. The number of anilines is 2. The molecule has 9 heteroatoms. The van der Waals surface area contributed by atoms with Crippen molar-refractivity contribution in [3.63, 3.8) is 0 Å². The van der Waals surface area contributed by atoms with E-state index in [2.05, 4.69) is 5.32 Å². The first-order valence-electron chi connectivity index (χ1n) is 6.88. The number of halogens is 1. The largest absolute Gasteiger partial charge is 0.494 e. The number of ether oxygens (including phenoxy) is 1. The smallest absolute Gasteiger partial charge is 0.302 e. The average molecular weight is 344 g/mol. The topological polar surface area (TPSA) is 92.8 Å². The van der Waals surface area contributed by atoms with Crippen molar-refractivity contribution in [3.05, 3.63) is 18.2 Å². The van der Waals surface area contributed by atoms with Gasteiger partial charge in [-0.2, -0.15) is 8.42 Å². The zero-order valence-electron chi connectivity index (χ0n) is 12.7. The molecule has 1 saturated heterocycles. The van der Waals surface area contributed by atoms with Gasteiger partial charge in [0.25, 0.3) is 0 Å². The summed E-state index contributed by atoms with van der Waals surface area (Å²) in [7, 11) is -3.20. The number of nitrogens with one attached hydrogen (secondary N) is 1. The zero-order chi connectivity index (χ0) is 17.2. The first kappa shape index (κ1) is 17.2. The predicted octanol–water partition coefficient (Wildman–Crippen LogP) is 1.31. The van der Waals surface area contributed by atoms with Gasteiger partial charge in [-0.3, -0.25) is 9.59 Å². The molecule has 126 valence electrons. The van der Waals surface area contributed by atoms with Crippen molar-refractivity contribution in [3.8, 4) is 5.75 Å². The highest BCUT2D eigenvalue weighted by atomic mass is 32.3. The minimum absolute atomic E-state index is 0.0289. The van der Waals surface area contributed by atoms with E-state index < -0.39 is 21.9 Å². The maximum atomic E-state index is 12.8. The SMILES string of the molecule is COc1cc(N2CC(CS(=O)(=O)F)CC2=O)ccc1NC(C)=O. The number of amides is 2. The van der Waals surface area contributed by atoms with E-state index in [0.717, 1.165) is 0 Å². The highest BCUT2D eigenvalue weighted by molar-refractivity contribution is 7.86. The van der Waals surface area contributed by atoms with Gasteiger partial charge >= 0.3 is 10.2 Å². The summed E-state index contributed by atoms with van der Waals surface area (Å²) in [6.07, 6.45) is -0.0289. The van der Waals surface area contributed by atoms with Crippen LogP contribution < -0.4 is 15.0 Å². The van der Waals surface area contributed by atoms with E-state index in [4.69, 9.17) is 4.74 Å². The minimum atomic E-state index is -4.62. The third-order valence-corrected chi connectivity index (χ3v) is 4.32. The Labute approximate surface area is 133 Å². The molecule has 1 heterocycles. The summed E-state index contributed by atoms with van der Waals surface area (Å²) in [5.74, 6) is -1.43. The molecule has 1 N–H and O–H groups in total. The first-order valence-corrected chi connectivity index (χ1v) is 8.43. The number of benzene rings is 1. The Morgan fingerprint density at radius 3 is 2.74 bits per heavy atom. The minimum Gasteiger partial charge on any atom is -0.494 e. The van der Waals surface area contributed by atoms with Crippen molar-refractivity contribution in [2.75, 3.05) is 29.6 Å². The highest BCUT2D eigenvalue weighted by Gasteiger charge is 2.33. The molecule has 0 aliphatic carbocycles. The van der Waals surface area contributed by atoms with Gasteiger partial charge in [0.15, 0.2) is 0 Å². The molecular formula is C14H17FN2O5S. The lowest BCUT2D eigenvalue weighted by molar-refractivity contribution is -0.117. The van der Waals surface area contributed by atoms with Crippen LogP contribution in [-0.4, -0.2) is 39.6 Å². The van der Waals surface area contributed by atoms with Crippen LogP contribution in [0.4, 0.5) is 15.3 Å². The quantitative estimate of drug-likeness (QED) is 0.813. The average Bonchev–Trinajstić information content (AvgIpc) is 2.77. The number of hydrogen-bond donors (Lipinski definition) is 1. The van der Waals surface area contributed by atoms with E-state index in [1.807, 2.05) is 0 Å². The summed E-state index contributed by atoms with van der Waals surface area (Å²) >= 11 is 0. The molecule has 1 aromatic carbocycles. The van der Waals surface area contributed by atoms with Gasteiger partial charge in [0.2, 0.25) is 11.8 Å². The van der Waals surface area contributed by atoms with E-state index in [1.165, 1.54) is 18.9 Å². The lowest BCUT2D eigenvalue weighted by atomic mass is 10.1. The van der Waals surface area contributed by atoms with Crippen LogP contribution in [0.5, 0.6) is 5.75 Å². The second-order valence-electron chi connectivity index (χ2n) is 5.35. The van der Waals surface area contributed by atoms with E-state index in [0.29, 0.717) is 17.1 Å². The van der Waals surface area contributed by atoms with Crippen LogP contribution in [-0.2, 0) is 19.8 Å². The van der Waals surface area contributed by atoms with Crippen LogP contribution in [0.15, 0.2) is 18.2 Å². The summed E-state index contributed by atoms with van der Waals surface area (Å²) in [6.45, 7) is 1.48. The Morgan fingerprint density at radius 1 is 1.48 bits per heavy atom. The molecule has 0 radical (unpaired) electrons. The molecule has 7 nitrogen and oxygen atoms in total. The van der Waals surface area contributed by atoms with Crippen molar-refractivity contribution in [1.29, 1.82) is 0 Å². The highest BCUT2D eigenvalue weighted by Crippen LogP contribution is 2.33. The fourth-order valence-electron chi connectivity index (χ4n) is 2.56. The number of rotatable bonds is 5. The van der Waals surface area contributed by atoms with Crippen LogP contribution >= 0.6 is 0 Å². The van der Waals surface area contributed by atoms with Crippen molar-refractivity contribution in [2.24, 2.45) is 5.92 Å². The number of carbonyl (C=O) groups is 2. The van der Waals surface area contributed by atoms with Crippen LogP contribution in [0, 0.1) is 5.92 Å². The maximum Gasteiger partial charge on any atom is 0.302 e. The van der Waals surface area contributed by atoms with E-state index in [-0.39, 0.29) is 24.8 Å². The van der Waals surface area contributed by atoms with Crippen molar-refractivity contribution < 1.29 is 26.6 Å². The van der Waals surface area contributed by atoms with Crippen molar-refractivity contribution in [1.82, 2.24) is 0 Å². The Balaban J connectivity index is 2.21. The molecule has 23 heavy (non-hydrogen) atoms. The van der Waals surface area contributed by atoms with Gasteiger partial charge in [0.05, 0.1) is 18.6 Å². The van der Waals surface area contributed by atoms with Crippen molar-refractivity contribution in [2.45, 2.75) is 13.3 Å². The van der Waals surface area contributed by atoms with Crippen LogP contribution in [0.3, 0.4) is 0 Å². The summed E-state index contributed by atoms with van der Waals surface area (Å²) in [5, 5.41) is 2.60. The Morgan fingerprint density at radius 2 is 2.17 bits per heavy atom. The number of methoxy groups -OCH3 is 1. The first-order chi connectivity index (χ1) is 10.7. The van der Waals surface area contributed by atoms with E-state index in [9.17, 15) is 21.9 Å². The normalized spacial score (nSPS) is 18.1. The van der Waals surface area contributed by atoms with Gasteiger partial charge in [-0.05, 0) is 12.1 Å². The molecular weight excluding hydrogens is 327 g/mol. The lowest BCUT2D eigenvalue weighted by Crippen LogP contribution is -2.25. The summed E-state index contributed by atoms with van der Waals surface area (Å²) in [5.41, 5.74) is 0.956. The number of nitrogens with zero attached hydrogens (tertiary/aromatic N) is 1. The van der Waals surface area contributed by atoms with Gasteiger partial charge in [0, 0.05) is 37.6 Å². The van der Waals surface area contributed by atoms with Crippen LogP contribution in [0.1, 0.15) is 13.3 Å². The number of hydrogen-bond acceptors (Lipinski definition) is 5. The molecule has 1 atom stereocenters. The van der Waals surface area contributed by atoms with E-state index in [1.54, 1.807) is 18.2 Å².